The zero-order valence-corrected chi connectivity index (χ0v) is 14.7. The van der Waals surface area contributed by atoms with E-state index >= 15 is 0 Å². The molecule has 1 aromatic heterocycles. The number of hydrogen-bond donors (Lipinski definition) is 2. The SMILES string of the molecule is Cc1cccc(Cc2sc(NC(=O)C(C)C3CNC3)nc2C)c1. The van der Waals surface area contributed by atoms with E-state index in [1.165, 1.54) is 16.0 Å². The molecule has 1 aliphatic rings. The van der Waals surface area contributed by atoms with Gasteiger partial charge < -0.3 is 10.6 Å². The molecule has 4 nitrogen and oxygen atoms in total. The van der Waals surface area contributed by atoms with Crippen LogP contribution in [-0.4, -0.2) is 24.0 Å². The number of thiazole rings is 1. The minimum absolute atomic E-state index is 0.0284. The van der Waals surface area contributed by atoms with Crippen molar-refractivity contribution in [1.29, 1.82) is 0 Å². The molecule has 2 N–H and O–H groups in total. The summed E-state index contributed by atoms with van der Waals surface area (Å²) in [6.45, 7) is 7.98. The molecule has 2 heterocycles. The summed E-state index contributed by atoms with van der Waals surface area (Å²) >= 11 is 1.58. The van der Waals surface area contributed by atoms with Gasteiger partial charge in [-0.3, -0.25) is 4.79 Å². The molecule has 1 unspecified atom stereocenters. The Bertz CT molecular complexity index is 706. The van der Waals surface area contributed by atoms with E-state index in [1.807, 2.05) is 13.8 Å². The summed E-state index contributed by atoms with van der Waals surface area (Å²) in [6, 6.07) is 8.52. The second kappa shape index (κ2) is 6.81. The van der Waals surface area contributed by atoms with Crippen molar-refractivity contribution in [3.63, 3.8) is 0 Å². The van der Waals surface area contributed by atoms with Gasteiger partial charge in [0.15, 0.2) is 5.13 Å². The number of aromatic nitrogens is 1. The van der Waals surface area contributed by atoms with Crippen LogP contribution in [0.5, 0.6) is 0 Å². The Hall–Kier alpha value is -1.72. The summed E-state index contributed by atoms with van der Waals surface area (Å²) in [4.78, 5) is 18.0. The molecule has 1 atom stereocenters. The molecule has 1 amide bonds. The monoisotopic (exact) mass is 329 g/mol. The quantitative estimate of drug-likeness (QED) is 0.886. The van der Waals surface area contributed by atoms with Gasteiger partial charge in [-0.2, -0.15) is 0 Å². The third-order valence-electron chi connectivity index (χ3n) is 4.50. The number of nitrogens with one attached hydrogen (secondary N) is 2. The molecule has 0 saturated carbocycles. The minimum atomic E-state index is 0.0284. The van der Waals surface area contributed by atoms with Crippen molar-refractivity contribution in [1.82, 2.24) is 10.3 Å². The highest BCUT2D eigenvalue weighted by atomic mass is 32.1. The molecule has 3 rings (SSSR count). The van der Waals surface area contributed by atoms with Gasteiger partial charge in [0.05, 0.1) is 5.69 Å². The average Bonchev–Trinajstić information content (AvgIpc) is 2.76. The van der Waals surface area contributed by atoms with Crippen LogP contribution in [0.1, 0.15) is 28.6 Å². The lowest BCUT2D eigenvalue weighted by atomic mass is 9.88. The molecule has 1 fully saturated rings. The molecule has 0 spiro atoms. The van der Waals surface area contributed by atoms with Crippen molar-refractivity contribution in [2.24, 2.45) is 11.8 Å². The van der Waals surface area contributed by atoms with E-state index in [9.17, 15) is 4.79 Å². The minimum Gasteiger partial charge on any atom is -0.316 e. The van der Waals surface area contributed by atoms with Gasteiger partial charge in [-0.1, -0.05) is 36.8 Å². The number of amides is 1. The van der Waals surface area contributed by atoms with Gasteiger partial charge in [0.1, 0.15) is 0 Å². The molecule has 23 heavy (non-hydrogen) atoms. The normalized spacial score (nSPS) is 16.0. The first-order valence-corrected chi connectivity index (χ1v) is 8.88. The highest BCUT2D eigenvalue weighted by Crippen LogP contribution is 2.27. The Morgan fingerprint density at radius 3 is 2.87 bits per heavy atom. The molecule has 1 aliphatic heterocycles. The summed E-state index contributed by atoms with van der Waals surface area (Å²) in [5, 5.41) is 6.92. The summed E-state index contributed by atoms with van der Waals surface area (Å²) in [6.07, 6.45) is 0.864. The first kappa shape index (κ1) is 16.1. The van der Waals surface area contributed by atoms with Gasteiger partial charge in [-0.15, -0.1) is 11.3 Å². The number of anilines is 1. The number of aryl methyl sites for hydroxylation is 2. The van der Waals surface area contributed by atoms with Crippen LogP contribution in [0, 0.1) is 25.7 Å². The number of rotatable bonds is 5. The highest BCUT2D eigenvalue weighted by molar-refractivity contribution is 7.15. The molecular formula is C18H23N3OS. The zero-order valence-electron chi connectivity index (χ0n) is 13.8. The predicted molar refractivity (Wildman–Crippen MR) is 95.0 cm³/mol. The molecule has 2 aromatic rings. The Morgan fingerprint density at radius 2 is 2.22 bits per heavy atom. The Labute approximate surface area is 141 Å². The smallest absolute Gasteiger partial charge is 0.229 e. The van der Waals surface area contributed by atoms with E-state index in [4.69, 9.17) is 0 Å². The molecule has 0 radical (unpaired) electrons. The Morgan fingerprint density at radius 1 is 1.43 bits per heavy atom. The maximum Gasteiger partial charge on any atom is 0.229 e. The standard InChI is InChI=1S/C18H23N3OS/c1-11-5-4-6-14(7-11)8-16-13(3)20-18(23-16)21-17(22)12(2)15-9-19-10-15/h4-7,12,15,19H,8-10H2,1-3H3,(H,20,21,22). The first-order valence-electron chi connectivity index (χ1n) is 8.06. The van der Waals surface area contributed by atoms with Gasteiger partial charge in [0.25, 0.3) is 0 Å². The van der Waals surface area contributed by atoms with Crippen LogP contribution in [0.25, 0.3) is 0 Å². The summed E-state index contributed by atoms with van der Waals surface area (Å²) < 4.78 is 0. The fourth-order valence-corrected chi connectivity index (χ4v) is 3.75. The van der Waals surface area contributed by atoms with E-state index in [1.54, 1.807) is 11.3 Å². The summed E-state index contributed by atoms with van der Waals surface area (Å²) in [5.41, 5.74) is 3.55. The van der Waals surface area contributed by atoms with E-state index in [2.05, 4.69) is 46.8 Å². The van der Waals surface area contributed by atoms with Crippen molar-refractivity contribution in [3.8, 4) is 0 Å². The van der Waals surface area contributed by atoms with Crippen molar-refractivity contribution in [2.45, 2.75) is 27.2 Å². The Kier molecular flexibility index (Phi) is 4.78. The lowest BCUT2D eigenvalue weighted by molar-refractivity contribution is -0.121. The van der Waals surface area contributed by atoms with E-state index in [0.717, 1.165) is 25.2 Å². The van der Waals surface area contributed by atoms with Gasteiger partial charge in [-0.05, 0) is 38.4 Å². The van der Waals surface area contributed by atoms with E-state index < -0.39 is 0 Å². The zero-order chi connectivity index (χ0) is 16.4. The lowest BCUT2D eigenvalue weighted by Crippen LogP contribution is -2.48. The fraction of sp³-hybridized carbons (Fsp3) is 0.444. The van der Waals surface area contributed by atoms with Crippen LogP contribution in [0.3, 0.4) is 0 Å². The second-order valence-electron chi connectivity index (χ2n) is 6.39. The van der Waals surface area contributed by atoms with E-state index in [-0.39, 0.29) is 11.8 Å². The number of benzene rings is 1. The van der Waals surface area contributed by atoms with Crippen molar-refractivity contribution in [3.05, 3.63) is 46.0 Å². The van der Waals surface area contributed by atoms with Crippen LogP contribution in [0.4, 0.5) is 5.13 Å². The molecule has 122 valence electrons. The van der Waals surface area contributed by atoms with Gasteiger partial charge in [0.2, 0.25) is 5.91 Å². The van der Waals surface area contributed by atoms with Gasteiger partial charge >= 0.3 is 0 Å². The topological polar surface area (TPSA) is 54.0 Å². The summed E-state index contributed by atoms with van der Waals surface area (Å²) in [7, 11) is 0. The third-order valence-corrected chi connectivity index (χ3v) is 5.58. The molecule has 5 heteroatoms. The fourth-order valence-electron chi connectivity index (χ4n) is 2.75. The molecule has 0 bridgehead atoms. The molecule has 1 aromatic carbocycles. The predicted octanol–water partition coefficient (Wildman–Crippen LogP) is 3.14. The first-order chi connectivity index (χ1) is 11.0. The maximum absolute atomic E-state index is 12.3. The maximum atomic E-state index is 12.3. The third kappa shape index (κ3) is 3.79. The largest absolute Gasteiger partial charge is 0.316 e. The molecule has 0 aliphatic carbocycles. The number of nitrogens with zero attached hydrogens (tertiary/aromatic N) is 1. The van der Waals surface area contributed by atoms with E-state index in [0.29, 0.717) is 11.0 Å². The van der Waals surface area contributed by atoms with Crippen LogP contribution < -0.4 is 10.6 Å². The second-order valence-corrected chi connectivity index (χ2v) is 7.47. The summed E-state index contributed by atoms with van der Waals surface area (Å²) in [5.74, 6) is 0.552. The van der Waals surface area contributed by atoms with Crippen molar-refractivity contribution >= 4 is 22.4 Å². The van der Waals surface area contributed by atoms with Gasteiger partial charge in [-0.25, -0.2) is 4.98 Å². The van der Waals surface area contributed by atoms with Crippen LogP contribution in [0.2, 0.25) is 0 Å². The Balaban J connectivity index is 1.67. The van der Waals surface area contributed by atoms with Crippen LogP contribution in [-0.2, 0) is 11.2 Å². The van der Waals surface area contributed by atoms with Crippen molar-refractivity contribution in [2.75, 3.05) is 18.4 Å². The molecular weight excluding hydrogens is 306 g/mol. The van der Waals surface area contributed by atoms with Gasteiger partial charge in [0, 0.05) is 17.2 Å². The van der Waals surface area contributed by atoms with Crippen LogP contribution >= 0.6 is 11.3 Å². The lowest BCUT2D eigenvalue weighted by Gasteiger charge is -2.31. The van der Waals surface area contributed by atoms with Crippen LogP contribution in [0.15, 0.2) is 24.3 Å². The average molecular weight is 329 g/mol. The number of carbonyl (C=O) groups is 1. The number of hydrogen-bond acceptors (Lipinski definition) is 4. The number of carbonyl (C=O) groups excluding carboxylic acids is 1. The molecule has 1 saturated heterocycles. The highest BCUT2D eigenvalue weighted by Gasteiger charge is 2.29. The van der Waals surface area contributed by atoms with Crippen molar-refractivity contribution < 1.29 is 4.79 Å².